The zero-order chi connectivity index (χ0) is 19.2. The summed E-state index contributed by atoms with van der Waals surface area (Å²) in [4.78, 5) is 9.01. The number of rotatable bonds is 7. The maximum absolute atomic E-state index is 11.9. The average Bonchev–Trinajstić information content (AvgIpc) is 3.11. The Labute approximate surface area is 159 Å². The number of guanidine groups is 1. The number of aliphatic imine (C=N–C) groups is 1. The van der Waals surface area contributed by atoms with E-state index in [4.69, 9.17) is 0 Å². The monoisotopic (exact) mass is 395 g/mol. The average molecular weight is 396 g/mol. The van der Waals surface area contributed by atoms with E-state index in [1.807, 2.05) is 6.07 Å². The van der Waals surface area contributed by atoms with Crippen molar-refractivity contribution in [2.45, 2.75) is 37.8 Å². The Balaban J connectivity index is 1.93. The lowest BCUT2D eigenvalue weighted by Gasteiger charge is -2.12. The van der Waals surface area contributed by atoms with Crippen LogP contribution >= 0.6 is 11.3 Å². The molecule has 0 saturated carbocycles. The van der Waals surface area contributed by atoms with Crippen molar-refractivity contribution < 1.29 is 8.42 Å². The SMILES string of the molecule is CN=C(NCc1cccc(S(=O)(=O)NC)c1)NCc1nc(C(C)C)cs1. The molecule has 2 aromatic rings. The minimum atomic E-state index is -3.45. The minimum absolute atomic E-state index is 0.242. The van der Waals surface area contributed by atoms with Crippen molar-refractivity contribution in [1.29, 1.82) is 0 Å². The molecular formula is C17H25N5O2S2. The van der Waals surface area contributed by atoms with Crippen molar-refractivity contribution in [1.82, 2.24) is 20.3 Å². The smallest absolute Gasteiger partial charge is 0.240 e. The molecule has 142 valence electrons. The first kappa shape index (κ1) is 20.3. The van der Waals surface area contributed by atoms with E-state index >= 15 is 0 Å². The Morgan fingerprint density at radius 2 is 2.00 bits per heavy atom. The molecule has 2 rings (SSSR count). The summed E-state index contributed by atoms with van der Waals surface area (Å²) in [7, 11) is -0.355. The number of nitrogens with one attached hydrogen (secondary N) is 3. The van der Waals surface area contributed by atoms with E-state index in [2.05, 4.69) is 44.6 Å². The lowest BCUT2D eigenvalue weighted by atomic mass is 10.2. The van der Waals surface area contributed by atoms with Crippen molar-refractivity contribution >= 4 is 27.3 Å². The van der Waals surface area contributed by atoms with E-state index < -0.39 is 10.0 Å². The molecule has 0 radical (unpaired) electrons. The predicted octanol–water partition coefficient (Wildman–Crippen LogP) is 2.04. The summed E-state index contributed by atoms with van der Waals surface area (Å²) in [5, 5.41) is 9.48. The van der Waals surface area contributed by atoms with E-state index in [9.17, 15) is 8.42 Å². The van der Waals surface area contributed by atoms with Crippen LogP contribution in [0.3, 0.4) is 0 Å². The highest BCUT2D eigenvalue weighted by Gasteiger charge is 2.11. The molecule has 0 spiro atoms. The Morgan fingerprint density at radius 3 is 2.62 bits per heavy atom. The van der Waals surface area contributed by atoms with Gasteiger partial charge in [0.1, 0.15) is 5.01 Å². The molecule has 0 bridgehead atoms. The van der Waals surface area contributed by atoms with E-state index in [-0.39, 0.29) is 4.90 Å². The molecule has 0 aliphatic carbocycles. The van der Waals surface area contributed by atoms with E-state index in [1.165, 1.54) is 7.05 Å². The van der Waals surface area contributed by atoms with Crippen LogP contribution < -0.4 is 15.4 Å². The van der Waals surface area contributed by atoms with E-state index in [0.29, 0.717) is 25.0 Å². The lowest BCUT2D eigenvalue weighted by molar-refractivity contribution is 0.588. The predicted molar refractivity (Wildman–Crippen MR) is 106 cm³/mol. The molecule has 0 aliphatic rings. The molecule has 1 heterocycles. The molecule has 0 saturated heterocycles. The molecule has 7 nitrogen and oxygen atoms in total. The van der Waals surface area contributed by atoms with Crippen molar-refractivity contribution in [3.05, 3.63) is 45.9 Å². The Kier molecular flexibility index (Phi) is 7.13. The first-order chi connectivity index (χ1) is 12.4. The van der Waals surface area contributed by atoms with Crippen LogP contribution in [0, 0.1) is 0 Å². The van der Waals surface area contributed by atoms with Crippen LogP contribution in [-0.2, 0) is 23.1 Å². The van der Waals surface area contributed by atoms with Crippen LogP contribution in [0.15, 0.2) is 39.5 Å². The first-order valence-corrected chi connectivity index (χ1v) is 10.6. The standard InChI is InChI=1S/C17H25N5O2S2/c1-12(2)15-11-25-16(22-15)10-21-17(18-3)20-9-13-6-5-7-14(8-13)26(23,24)19-4/h5-8,11-12,19H,9-10H2,1-4H3,(H2,18,20,21). The van der Waals surface area contributed by atoms with Gasteiger partial charge in [-0.15, -0.1) is 11.3 Å². The second-order valence-electron chi connectivity index (χ2n) is 5.96. The molecule has 9 heteroatoms. The van der Waals surface area contributed by atoms with Crippen molar-refractivity contribution in [3.8, 4) is 0 Å². The molecule has 0 fully saturated rings. The molecular weight excluding hydrogens is 370 g/mol. The fourth-order valence-corrected chi connectivity index (χ4v) is 3.87. The van der Waals surface area contributed by atoms with Gasteiger partial charge in [0.2, 0.25) is 10.0 Å². The highest BCUT2D eigenvalue weighted by Crippen LogP contribution is 2.17. The van der Waals surface area contributed by atoms with E-state index in [1.54, 1.807) is 36.6 Å². The zero-order valence-electron chi connectivity index (χ0n) is 15.4. The van der Waals surface area contributed by atoms with Crippen LogP contribution in [0.5, 0.6) is 0 Å². The third-order valence-corrected chi connectivity index (χ3v) is 6.01. The van der Waals surface area contributed by atoms with Gasteiger partial charge in [-0.2, -0.15) is 0 Å². The molecule has 0 aliphatic heterocycles. The number of benzene rings is 1. The van der Waals surface area contributed by atoms with Gasteiger partial charge in [0.15, 0.2) is 5.96 Å². The summed E-state index contributed by atoms with van der Waals surface area (Å²) in [5.41, 5.74) is 1.94. The van der Waals surface area contributed by atoms with Gasteiger partial charge in [-0.25, -0.2) is 18.1 Å². The van der Waals surface area contributed by atoms with Gasteiger partial charge in [0.05, 0.1) is 17.1 Å². The van der Waals surface area contributed by atoms with Crippen LogP contribution in [0.25, 0.3) is 0 Å². The quantitative estimate of drug-likeness (QED) is 0.493. The highest BCUT2D eigenvalue weighted by atomic mass is 32.2. The van der Waals surface area contributed by atoms with Gasteiger partial charge >= 0.3 is 0 Å². The topological polar surface area (TPSA) is 95.5 Å². The van der Waals surface area contributed by atoms with Crippen LogP contribution in [0.2, 0.25) is 0 Å². The fourth-order valence-electron chi connectivity index (χ4n) is 2.18. The number of hydrogen-bond donors (Lipinski definition) is 3. The number of nitrogens with zero attached hydrogens (tertiary/aromatic N) is 2. The lowest BCUT2D eigenvalue weighted by Crippen LogP contribution is -2.36. The molecule has 0 unspecified atom stereocenters. The van der Waals surface area contributed by atoms with Gasteiger partial charge in [-0.1, -0.05) is 26.0 Å². The van der Waals surface area contributed by atoms with Crippen molar-refractivity contribution in [2.24, 2.45) is 4.99 Å². The zero-order valence-corrected chi connectivity index (χ0v) is 17.0. The van der Waals surface area contributed by atoms with Crippen molar-refractivity contribution in [2.75, 3.05) is 14.1 Å². The van der Waals surface area contributed by atoms with Gasteiger partial charge < -0.3 is 10.6 Å². The Hall–Kier alpha value is -1.97. The highest BCUT2D eigenvalue weighted by molar-refractivity contribution is 7.89. The first-order valence-electron chi connectivity index (χ1n) is 8.27. The summed E-state index contributed by atoms with van der Waals surface area (Å²) in [6, 6.07) is 6.80. The molecule has 1 aromatic carbocycles. The van der Waals surface area contributed by atoms with Gasteiger partial charge in [-0.3, -0.25) is 4.99 Å². The number of sulfonamides is 1. The van der Waals surface area contributed by atoms with Crippen LogP contribution in [-0.4, -0.2) is 33.5 Å². The number of aromatic nitrogens is 1. The van der Waals surface area contributed by atoms with E-state index in [0.717, 1.165) is 16.3 Å². The molecule has 3 N–H and O–H groups in total. The Morgan fingerprint density at radius 1 is 1.27 bits per heavy atom. The fraction of sp³-hybridized carbons (Fsp3) is 0.412. The number of hydrogen-bond acceptors (Lipinski definition) is 5. The minimum Gasteiger partial charge on any atom is -0.352 e. The summed E-state index contributed by atoms with van der Waals surface area (Å²) in [6.45, 7) is 5.29. The summed E-state index contributed by atoms with van der Waals surface area (Å²) in [6.07, 6.45) is 0. The molecule has 0 amide bonds. The molecule has 0 atom stereocenters. The second kappa shape index (κ2) is 9.11. The maximum Gasteiger partial charge on any atom is 0.240 e. The molecule has 26 heavy (non-hydrogen) atoms. The largest absolute Gasteiger partial charge is 0.352 e. The maximum atomic E-state index is 11.9. The summed E-state index contributed by atoms with van der Waals surface area (Å²) in [5.74, 6) is 1.05. The van der Waals surface area contributed by atoms with Gasteiger partial charge in [-0.05, 0) is 30.7 Å². The van der Waals surface area contributed by atoms with Crippen LogP contribution in [0.1, 0.15) is 36.0 Å². The van der Waals surface area contributed by atoms with Gasteiger partial charge in [0, 0.05) is 19.0 Å². The Bertz CT molecular complexity index is 860. The second-order valence-corrected chi connectivity index (χ2v) is 8.78. The summed E-state index contributed by atoms with van der Waals surface area (Å²) >= 11 is 1.62. The molecule has 1 aromatic heterocycles. The normalized spacial score (nSPS) is 12.4. The summed E-state index contributed by atoms with van der Waals surface area (Å²) < 4.78 is 26.1. The third kappa shape index (κ3) is 5.52. The van der Waals surface area contributed by atoms with Gasteiger partial charge in [0.25, 0.3) is 0 Å². The van der Waals surface area contributed by atoms with Crippen LogP contribution in [0.4, 0.5) is 0 Å². The number of thiazole rings is 1. The van der Waals surface area contributed by atoms with Crippen molar-refractivity contribution in [3.63, 3.8) is 0 Å². The third-order valence-electron chi connectivity index (χ3n) is 3.73.